The average Bonchev–Trinajstić information content (AvgIpc) is 2.62. The van der Waals surface area contributed by atoms with E-state index in [4.69, 9.17) is 4.74 Å². The number of carbonyl (C=O) groups excluding carboxylic acids is 1. The van der Waals surface area contributed by atoms with Crippen LogP contribution in [0.5, 0.6) is 0 Å². The van der Waals surface area contributed by atoms with E-state index in [2.05, 4.69) is 11.4 Å². The van der Waals surface area contributed by atoms with Crippen LogP contribution in [0, 0.1) is 19.7 Å². The number of morpholine rings is 1. The van der Waals surface area contributed by atoms with Gasteiger partial charge in [0.15, 0.2) is 0 Å². The molecule has 26 heavy (non-hydrogen) atoms. The van der Waals surface area contributed by atoms with Crippen molar-refractivity contribution in [2.24, 2.45) is 0 Å². The fourth-order valence-electron chi connectivity index (χ4n) is 3.01. The first-order valence-electron chi connectivity index (χ1n) is 8.71. The van der Waals surface area contributed by atoms with Gasteiger partial charge in [-0.15, -0.1) is 0 Å². The van der Waals surface area contributed by atoms with Crippen LogP contribution >= 0.6 is 0 Å². The molecule has 0 bridgehead atoms. The Morgan fingerprint density at radius 3 is 2.62 bits per heavy atom. The second kappa shape index (κ2) is 8.15. The molecule has 1 saturated heterocycles. The van der Waals surface area contributed by atoms with Gasteiger partial charge in [0, 0.05) is 24.9 Å². The smallest absolute Gasteiger partial charge is 0.248 e. The molecular formula is C21H23FN2O2. The molecule has 0 aromatic heterocycles. The van der Waals surface area contributed by atoms with E-state index >= 15 is 0 Å². The zero-order valence-corrected chi connectivity index (χ0v) is 15.1. The Hall–Kier alpha value is -2.66. The van der Waals surface area contributed by atoms with Gasteiger partial charge in [0.1, 0.15) is 5.82 Å². The van der Waals surface area contributed by atoms with Crippen molar-refractivity contribution in [1.29, 1.82) is 0 Å². The first-order chi connectivity index (χ1) is 12.5. The molecule has 3 rings (SSSR count). The Bertz CT molecular complexity index is 827. The predicted molar refractivity (Wildman–Crippen MR) is 103 cm³/mol. The van der Waals surface area contributed by atoms with E-state index in [1.165, 1.54) is 17.7 Å². The van der Waals surface area contributed by atoms with Gasteiger partial charge in [-0.05, 0) is 49.2 Å². The lowest BCUT2D eigenvalue weighted by Gasteiger charge is -2.29. The highest BCUT2D eigenvalue weighted by molar-refractivity contribution is 6.02. The minimum atomic E-state index is -0.344. The van der Waals surface area contributed by atoms with Crippen LogP contribution < -0.4 is 10.2 Å². The molecule has 136 valence electrons. The number of amides is 1. The molecule has 2 aromatic carbocycles. The van der Waals surface area contributed by atoms with E-state index in [1.54, 1.807) is 18.2 Å². The van der Waals surface area contributed by atoms with E-state index in [-0.39, 0.29) is 11.7 Å². The minimum Gasteiger partial charge on any atom is -0.378 e. The summed E-state index contributed by atoms with van der Waals surface area (Å²) in [7, 11) is 0. The molecule has 1 fully saturated rings. The number of ether oxygens (including phenoxy) is 1. The van der Waals surface area contributed by atoms with Crippen molar-refractivity contribution < 1.29 is 13.9 Å². The van der Waals surface area contributed by atoms with Crippen molar-refractivity contribution in [3.8, 4) is 0 Å². The first kappa shape index (κ1) is 18.1. The Balaban J connectivity index is 1.65. The van der Waals surface area contributed by atoms with E-state index in [0.717, 1.165) is 11.1 Å². The van der Waals surface area contributed by atoms with Crippen LogP contribution in [-0.4, -0.2) is 32.2 Å². The lowest BCUT2D eigenvalue weighted by atomic mass is 10.1. The van der Waals surface area contributed by atoms with Crippen LogP contribution in [0.15, 0.2) is 42.5 Å². The van der Waals surface area contributed by atoms with Crippen LogP contribution in [0.25, 0.3) is 6.08 Å². The number of rotatable bonds is 4. The molecule has 0 saturated carbocycles. The SMILES string of the molecule is Cc1ccc(/C=C/C(=O)Nc2ccc(N3CCOCC3)c(F)c2)c(C)c1. The van der Waals surface area contributed by atoms with Gasteiger partial charge in [-0.2, -0.15) is 0 Å². The predicted octanol–water partition coefficient (Wildman–Crippen LogP) is 3.93. The summed E-state index contributed by atoms with van der Waals surface area (Å²) in [5.41, 5.74) is 4.25. The quantitative estimate of drug-likeness (QED) is 0.846. The van der Waals surface area contributed by atoms with Crippen molar-refractivity contribution in [3.63, 3.8) is 0 Å². The lowest BCUT2D eigenvalue weighted by molar-refractivity contribution is -0.111. The maximum absolute atomic E-state index is 14.4. The molecule has 0 radical (unpaired) electrons. The molecule has 0 aliphatic carbocycles. The summed E-state index contributed by atoms with van der Waals surface area (Å²) in [5, 5.41) is 2.71. The van der Waals surface area contributed by atoms with Gasteiger partial charge in [-0.25, -0.2) is 4.39 Å². The molecule has 1 aliphatic rings. The Morgan fingerprint density at radius 2 is 1.92 bits per heavy atom. The molecule has 4 nitrogen and oxygen atoms in total. The highest BCUT2D eigenvalue weighted by atomic mass is 19.1. The summed E-state index contributed by atoms with van der Waals surface area (Å²) in [6.45, 7) is 6.57. The van der Waals surface area contributed by atoms with E-state index < -0.39 is 0 Å². The van der Waals surface area contributed by atoms with Crippen molar-refractivity contribution in [1.82, 2.24) is 0 Å². The molecule has 1 N–H and O–H groups in total. The second-order valence-electron chi connectivity index (χ2n) is 6.45. The van der Waals surface area contributed by atoms with E-state index in [1.807, 2.05) is 30.9 Å². The van der Waals surface area contributed by atoms with E-state index in [9.17, 15) is 9.18 Å². The van der Waals surface area contributed by atoms with Crippen molar-refractivity contribution in [2.75, 3.05) is 36.5 Å². The fourth-order valence-corrected chi connectivity index (χ4v) is 3.01. The summed E-state index contributed by atoms with van der Waals surface area (Å²) in [6, 6.07) is 10.8. The molecule has 2 aromatic rings. The molecule has 1 amide bonds. The first-order valence-corrected chi connectivity index (χ1v) is 8.71. The summed E-state index contributed by atoms with van der Waals surface area (Å²) < 4.78 is 19.7. The Labute approximate surface area is 153 Å². The molecule has 1 aliphatic heterocycles. The zero-order chi connectivity index (χ0) is 18.5. The number of aryl methyl sites for hydroxylation is 2. The topological polar surface area (TPSA) is 41.6 Å². The van der Waals surface area contributed by atoms with E-state index in [0.29, 0.717) is 37.7 Å². The number of benzene rings is 2. The lowest BCUT2D eigenvalue weighted by Crippen LogP contribution is -2.36. The highest BCUT2D eigenvalue weighted by Gasteiger charge is 2.15. The van der Waals surface area contributed by atoms with Gasteiger partial charge in [-0.1, -0.05) is 23.8 Å². The third-order valence-electron chi connectivity index (χ3n) is 4.41. The van der Waals surface area contributed by atoms with Crippen molar-refractivity contribution in [2.45, 2.75) is 13.8 Å². The summed E-state index contributed by atoms with van der Waals surface area (Å²) in [4.78, 5) is 14.1. The molecular weight excluding hydrogens is 331 g/mol. The highest BCUT2D eigenvalue weighted by Crippen LogP contribution is 2.23. The number of carbonyl (C=O) groups is 1. The fraction of sp³-hybridized carbons (Fsp3) is 0.286. The van der Waals surface area contributed by atoms with Crippen molar-refractivity contribution >= 4 is 23.4 Å². The molecule has 5 heteroatoms. The second-order valence-corrected chi connectivity index (χ2v) is 6.45. The number of nitrogens with one attached hydrogen (secondary N) is 1. The monoisotopic (exact) mass is 354 g/mol. The van der Waals surface area contributed by atoms with Crippen LogP contribution in [0.1, 0.15) is 16.7 Å². The summed E-state index contributed by atoms with van der Waals surface area (Å²) in [6.07, 6.45) is 3.23. The standard InChI is InChI=1S/C21H23FN2O2/c1-15-3-4-17(16(2)13-15)5-8-21(25)23-18-6-7-20(19(22)14-18)24-9-11-26-12-10-24/h3-8,13-14H,9-12H2,1-2H3,(H,23,25)/b8-5+. The molecule has 0 spiro atoms. The normalized spacial score (nSPS) is 14.7. The zero-order valence-electron chi connectivity index (χ0n) is 15.1. The average molecular weight is 354 g/mol. The van der Waals surface area contributed by atoms with Crippen LogP contribution in [0.2, 0.25) is 0 Å². The number of hydrogen-bond donors (Lipinski definition) is 1. The number of anilines is 2. The third kappa shape index (κ3) is 4.49. The Kier molecular flexibility index (Phi) is 5.68. The Morgan fingerprint density at radius 1 is 1.15 bits per heavy atom. The van der Waals surface area contributed by atoms with Crippen LogP contribution in [0.4, 0.5) is 15.8 Å². The van der Waals surface area contributed by atoms with Crippen LogP contribution in [-0.2, 0) is 9.53 Å². The minimum absolute atomic E-state index is 0.288. The van der Waals surface area contributed by atoms with Gasteiger partial charge in [0.2, 0.25) is 5.91 Å². The van der Waals surface area contributed by atoms with Gasteiger partial charge in [0.05, 0.1) is 18.9 Å². The maximum atomic E-state index is 14.4. The van der Waals surface area contributed by atoms with Gasteiger partial charge in [-0.3, -0.25) is 4.79 Å². The number of halogens is 1. The molecule has 1 heterocycles. The molecule has 0 unspecified atom stereocenters. The summed E-state index contributed by atoms with van der Waals surface area (Å²) in [5.74, 6) is -0.633. The van der Waals surface area contributed by atoms with Gasteiger partial charge < -0.3 is 15.0 Å². The largest absolute Gasteiger partial charge is 0.378 e. The van der Waals surface area contributed by atoms with Gasteiger partial charge >= 0.3 is 0 Å². The molecule has 0 atom stereocenters. The van der Waals surface area contributed by atoms with Gasteiger partial charge in [0.25, 0.3) is 0 Å². The maximum Gasteiger partial charge on any atom is 0.248 e. The number of nitrogens with zero attached hydrogens (tertiary/aromatic N) is 1. The van der Waals surface area contributed by atoms with Crippen molar-refractivity contribution in [3.05, 3.63) is 65.0 Å². The van der Waals surface area contributed by atoms with Crippen LogP contribution in [0.3, 0.4) is 0 Å². The number of hydrogen-bond acceptors (Lipinski definition) is 3. The summed E-state index contributed by atoms with van der Waals surface area (Å²) >= 11 is 0. The third-order valence-corrected chi connectivity index (χ3v) is 4.41.